The summed E-state index contributed by atoms with van der Waals surface area (Å²) in [5.41, 5.74) is 3.91. The van der Waals surface area contributed by atoms with Gasteiger partial charge in [-0.1, -0.05) is 29.8 Å². The number of hydrogen-bond acceptors (Lipinski definition) is 0. The maximum absolute atomic E-state index is 5.16. The third kappa shape index (κ3) is 1.75. The zero-order chi connectivity index (χ0) is 7.40. The van der Waals surface area contributed by atoms with E-state index >= 15 is 0 Å². The van der Waals surface area contributed by atoms with Gasteiger partial charge in [0.1, 0.15) is 0 Å². The topological polar surface area (TPSA) is 0 Å². The fourth-order valence-corrected chi connectivity index (χ4v) is 1.22. The van der Waals surface area contributed by atoms with Crippen molar-refractivity contribution in [2.75, 3.05) is 0 Å². The van der Waals surface area contributed by atoms with E-state index in [9.17, 15) is 0 Å². The standard InChI is InChI=1S/C9H8Si/c1-3-10-9-6-4-8(2)5-7-9/h1,4-7H,2H3. The van der Waals surface area contributed by atoms with Gasteiger partial charge in [0, 0.05) is 0 Å². The van der Waals surface area contributed by atoms with Crippen LogP contribution in [0.3, 0.4) is 0 Å². The van der Waals surface area contributed by atoms with Gasteiger partial charge in [-0.15, -0.1) is 12.0 Å². The lowest BCUT2D eigenvalue weighted by atomic mass is 10.2. The molecule has 0 fully saturated rings. The Bertz CT molecular complexity index is 240. The first kappa shape index (κ1) is 7.11. The Hall–Kier alpha value is -1.00. The summed E-state index contributed by atoms with van der Waals surface area (Å²) >= 11 is 0. The fraction of sp³-hybridized carbons (Fsp3) is 0.111. The van der Waals surface area contributed by atoms with Crippen molar-refractivity contribution < 1.29 is 0 Å². The molecule has 0 saturated heterocycles. The van der Waals surface area contributed by atoms with Crippen LogP contribution in [0.15, 0.2) is 24.3 Å². The summed E-state index contributed by atoms with van der Waals surface area (Å²) in [6.45, 7) is 2.07. The number of rotatable bonds is 1. The van der Waals surface area contributed by atoms with Gasteiger partial charge < -0.3 is 0 Å². The van der Waals surface area contributed by atoms with E-state index in [4.69, 9.17) is 6.42 Å². The van der Waals surface area contributed by atoms with E-state index in [1.807, 2.05) is 0 Å². The Balaban J connectivity index is 2.81. The molecule has 0 nitrogen and oxygen atoms in total. The average molecular weight is 144 g/mol. The second-order valence-electron chi connectivity index (χ2n) is 2.14. The van der Waals surface area contributed by atoms with Crippen LogP contribution in [0.1, 0.15) is 5.56 Å². The molecule has 0 aromatic heterocycles. The van der Waals surface area contributed by atoms with Gasteiger partial charge in [0.25, 0.3) is 0 Å². The molecule has 1 aromatic rings. The molecule has 2 radical (unpaired) electrons. The van der Waals surface area contributed by atoms with Crippen molar-refractivity contribution in [1.29, 1.82) is 0 Å². The Morgan fingerprint density at radius 2 is 1.90 bits per heavy atom. The summed E-state index contributed by atoms with van der Waals surface area (Å²) in [5, 5.41) is 1.24. The van der Waals surface area contributed by atoms with Crippen LogP contribution < -0.4 is 5.19 Å². The van der Waals surface area contributed by atoms with Crippen LogP contribution >= 0.6 is 0 Å². The first-order valence-corrected chi connectivity index (χ1v) is 4.11. The zero-order valence-electron chi connectivity index (χ0n) is 5.89. The van der Waals surface area contributed by atoms with Gasteiger partial charge >= 0.3 is 0 Å². The van der Waals surface area contributed by atoms with Crippen molar-refractivity contribution in [3.8, 4) is 12.0 Å². The normalized spacial score (nSPS) is 8.80. The Kier molecular flexibility index (Phi) is 2.30. The van der Waals surface area contributed by atoms with Crippen molar-refractivity contribution in [3.63, 3.8) is 0 Å². The zero-order valence-corrected chi connectivity index (χ0v) is 6.89. The van der Waals surface area contributed by atoms with Gasteiger partial charge in [-0.3, -0.25) is 0 Å². The summed E-state index contributed by atoms with van der Waals surface area (Å²) in [4.78, 5) is 0. The molecule has 0 aliphatic rings. The minimum atomic E-state index is 0.511. The second kappa shape index (κ2) is 3.24. The summed E-state index contributed by atoms with van der Waals surface area (Å²) in [7, 11) is 0.511. The SMILES string of the molecule is C#C[Si]c1ccc(C)cc1. The molecule has 0 aliphatic carbocycles. The van der Waals surface area contributed by atoms with Gasteiger partial charge in [0.15, 0.2) is 9.52 Å². The average Bonchev–Trinajstić information content (AvgIpc) is 1.95. The number of benzene rings is 1. The van der Waals surface area contributed by atoms with E-state index in [2.05, 4.69) is 36.7 Å². The molecule has 0 N–H and O–H groups in total. The summed E-state index contributed by atoms with van der Waals surface area (Å²) < 4.78 is 0. The van der Waals surface area contributed by atoms with E-state index in [-0.39, 0.29) is 0 Å². The lowest BCUT2D eigenvalue weighted by Gasteiger charge is -1.93. The first-order chi connectivity index (χ1) is 4.83. The van der Waals surface area contributed by atoms with Crippen LogP contribution in [-0.2, 0) is 0 Å². The smallest absolute Gasteiger partial charge is 0.133 e. The second-order valence-corrected chi connectivity index (χ2v) is 3.25. The number of aryl methyl sites for hydroxylation is 1. The molecule has 1 aromatic carbocycles. The largest absolute Gasteiger partial charge is 0.186 e. The van der Waals surface area contributed by atoms with E-state index in [0.717, 1.165) is 0 Å². The molecule has 1 rings (SSSR count). The van der Waals surface area contributed by atoms with Crippen molar-refractivity contribution in [3.05, 3.63) is 29.8 Å². The van der Waals surface area contributed by atoms with Crippen LogP contribution in [0, 0.1) is 18.9 Å². The highest BCUT2D eigenvalue weighted by Gasteiger charge is 1.88. The van der Waals surface area contributed by atoms with Gasteiger partial charge in [-0.2, -0.15) is 0 Å². The van der Waals surface area contributed by atoms with Crippen molar-refractivity contribution >= 4 is 14.7 Å². The molecule has 0 aliphatic heterocycles. The number of terminal acetylenes is 1. The molecular weight excluding hydrogens is 136 g/mol. The summed E-state index contributed by atoms with van der Waals surface area (Å²) in [6, 6.07) is 8.32. The molecule has 0 unspecified atom stereocenters. The molecular formula is C9H8Si. The molecule has 0 spiro atoms. The quantitative estimate of drug-likeness (QED) is 0.406. The highest BCUT2D eigenvalue weighted by atomic mass is 28.2. The Morgan fingerprint density at radius 3 is 2.40 bits per heavy atom. The van der Waals surface area contributed by atoms with E-state index in [1.54, 1.807) is 0 Å². The number of hydrogen-bond donors (Lipinski definition) is 0. The van der Waals surface area contributed by atoms with Gasteiger partial charge in [-0.05, 0) is 12.1 Å². The third-order valence-electron chi connectivity index (χ3n) is 1.27. The molecule has 1 heteroatoms. The highest BCUT2D eigenvalue weighted by Crippen LogP contribution is 1.91. The van der Waals surface area contributed by atoms with Crippen LogP contribution in [0.5, 0.6) is 0 Å². The van der Waals surface area contributed by atoms with Crippen molar-refractivity contribution in [2.24, 2.45) is 0 Å². The molecule has 0 saturated carbocycles. The van der Waals surface area contributed by atoms with Gasteiger partial charge in [0.05, 0.1) is 0 Å². The summed E-state index contributed by atoms with van der Waals surface area (Å²) in [5.74, 6) is 0. The minimum absolute atomic E-state index is 0.511. The predicted octanol–water partition coefficient (Wildman–Crippen LogP) is 0.915. The van der Waals surface area contributed by atoms with E-state index in [0.29, 0.717) is 9.52 Å². The van der Waals surface area contributed by atoms with Crippen LogP contribution in [0.4, 0.5) is 0 Å². The molecule has 0 bridgehead atoms. The third-order valence-corrected chi connectivity index (χ3v) is 2.03. The van der Waals surface area contributed by atoms with E-state index in [1.165, 1.54) is 10.8 Å². The molecule has 0 atom stereocenters. The van der Waals surface area contributed by atoms with Crippen LogP contribution in [0.2, 0.25) is 0 Å². The maximum Gasteiger partial charge on any atom is 0.186 e. The lowest BCUT2D eigenvalue weighted by molar-refractivity contribution is 1.49. The van der Waals surface area contributed by atoms with Gasteiger partial charge in [-0.25, -0.2) is 0 Å². The molecule has 0 heterocycles. The Morgan fingerprint density at radius 1 is 1.30 bits per heavy atom. The van der Waals surface area contributed by atoms with Gasteiger partial charge in [0.2, 0.25) is 0 Å². The summed E-state index contributed by atoms with van der Waals surface area (Å²) in [6.07, 6.45) is 5.16. The molecule has 48 valence electrons. The van der Waals surface area contributed by atoms with Crippen molar-refractivity contribution in [1.82, 2.24) is 0 Å². The molecule has 10 heavy (non-hydrogen) atoms. The van der Waals surface area contributed by atoms with Crippen LogP contribution in [0.25, 0.3) is 0 Å². The fourth-order valence-electron chi connectivity index (χ4n) is 0.720. The monoisotopic (exact) mass is 144 g/mol. The predicted molar refractivity (Wildman–Crippen MR) is 45.4 cm³/mol. The highest BCUT2D eigenvalue weighted by molar-refractivity contribution is 6.61. The Labute approximate surface area is 64.1 Å². The maximum atomic E-state index is 5.16. The lowest BCUT2D eigenvalue weighted by Crippen LogP contribution is -2.10. The first-order valence-electron chi connectivity index (χ1n) is 3.11. The minimum Gasteiger partial charge on any atom is -0.133 e. The van der Waals surface area contributed by atoms with Crippen molar-refractivity contribution in [2.45, 2.75) is 6.92 Å². The molecule has 0 amide bonds. The van der Waals surface area contributed by atoms with E-state index < -0.39 is 0 Å². The van der Waals surface area contributed by atoms with Crippen LogP contribution in [-0.4, -0.2) is 9.52 Å².